The van der Waals surface area contributed by atoms with Crippen LogP contribution in [0.2, 0.25) is 0 Å². The fraction of sp³-hybridized carbons (Fsp3) is 0.500. The fourth-order valence-electron chi connectivity index (χ4n) is 3.83. The number of amides is 2. The van der Waals surface area contributed by atoms with E-state index in [1.165, 1.54) is 22.9 Å². The third kappa shape index (κ3) is 6.67. The molecule has 0 aliphatic carbocycles. The first-order valence-electron chi connectivity index (χ1n) is 11.2. The Balaban J connectivity index is 1.47. The Labute approximate surface area is 197 Å². The van der Waals surface area contributed by atoms with Crippen molar-refractivity contribution < 1.29 is 19.2 Å². The quantitative estimate of drug-likeness (QED) is 0.207. The summed E-state index contributed by atoms with van der Waals surface area (Å²) in [7, 11) is 3.23. The Bertz CT molecular complexity index is 1070. The normalized spacial score (nSPS) is 14.7. The second-order valence-electron chi connectivity index (χ2n) is 8.35. The average molecular weight is 474 g/mol. The Morgan fingerprint density at radius 3 is 2.53 bits per heavy atom. The maximum atomic E-state index is 12.6. The van der Waals surface area contributed by atoms with Crippen molar-refractivity contribution in [3.63, 3.8) is 0 Å². The predicted molar refractivity (Wildman–Crippen MR) is 127 cm³/mol. The number of rotatable bonds is 10. The highest BCUT2D eigenvalue weighted by Gasteiger charge is 2.19. The van der Waals surface area contributed by atoms with Crippen molar-refractivity contribution in [2.24, 2.45) is 30.7 Å². The van der Waals surface area contributed by atoms with Crippen LogP contribution < -0.4 is 16.4 Å². The van der Waals surface area contributed by atoms with E-state index < -0.39 is 10.8 Å². The second kappa shape index (κ2) is 11.5. The number of ether oxygens (including phenoxy) is 1. The van der Waals surface area contributed by atoms with Crippen molar-refractivity contribution in [2.45, 2.75) is 25.7 Å². The van der Waals surface area contributed by atoms with Gasteiger partial charge in [-0.05, 0) is 31.2 Å². The van der Waals surface area contributed by atoms with Crippen molar-refractivity contribution in [3.05, 3.63) is 46.0 Å². The van der Waals surface area contributed by atoms with Crippen molar-refractivity contribution in [1.82, 2.24) is 14.5 Å². The molecule has 0 radical (unpaired) electrons. The van der Waals surface area contributed by atoms with Gasteiger partial charge >= 0.3 is 0 Å². The molecule has 12 nitrogen and oxygen atoms in total. The van der Waals surface area contributed by atoms with Crippen LogP contribution in [-0.4, -0.2) is 58.0 Å². The number of aliphatic imine (C=N–C) groups is 1. The molecule has 0 aromatic carbocycles. The smallest absolute Gasteiger partial charge is 0.287 e. The van der Waals surface area contributed by atoms with Crippen molar-refractivity contribution in [2.75, 3.05) is 31.6 Å². The van der Waals surface area contributed by atoms with Gasteiger partial charge in [0.25, 0.3) is 17.5 Å². The summed E-state index contributed by atoms with van der Waals surface area (Å²) in [6, 6.07) is 2.73. The molecule has 0 spiro atoms. The van der Waals surface area contributed by atoms with Crippen LogP contribution in [0.15, 0.2) is 29.5 Å². The van der Waals surface area contributed by atoms with Gasteiger partial charge in [0, 0.05) is 59.1 Å². The van der Waals surface area contributed by atoms with Crippen molar-refractivity contribution in [1.29, 1.82) is 0 Å². The van der Waals surface area contributed by atoms with Gasteiger partial charge in [0.2, 0.25) is 0 Å². The van der Waals surface area contributed by atoms with Gasteiger partial charge in [-0.25, -0.2) is 0 Å². The number of anilines is 1. The lowest BCUT2D eigenvalue weighted by Crippen LogP contribution is -2.29. The van der Waals surface area contributed by atoms with Crippen LogP contribution in [0, 0.1) is 16.0 Å². The Hall–Kier alpha value is -3.67. The molecule has 184 valence electrons. The topological polar surface area (TPSA) is 159 Å². The lowest BCUT2D eigenvalue weighted by molar-refractivity contribution is -0.384. The molecule has 0 unspecified atom stereocenters. The van der Waals surface area contributed by atoms with E-state index in [2.05, 4.69) is 15.6 Å². The Kier molecular flexibility index (Phi) is 8.41. The third-order valence-electron chi connectivity index (χ3n) is 5.79. The molecule has 2 aromatic heterocycles. The van der Waals surface area contributed by atoms with Gasteiger partial charge in [-0.15, -0.1) is 0 Å². The number of nitrogens with zero attached hydrogens (tertiary/aromatic N) is 4. The second-order valence-corrected chi connectivity index (χ2v) is 8.35. The highest BCUT2D eigenvalue weighted by molar-refractivity contribution is 6.04. The Morgan fingerprint density at radius 2 is 1.85 bits per heavy atom. The highest BCUT2D eigenvalue weighted by Crippen LogP contribution is 2.19. The van der Waals surface area contributed by atoms with E-state index in [0.29, 0.717) is 42.6 Å². The molecule has 1 aliphatic heterocycles. The van der Waals surface area contributed by atoms with Gasteiger partial charge in [0.1, 0.15) is 11.4 Å². The van der Waals surface area contributed by atoms with Gasteiger partial charge in [-0.1, -0.05) is 0 Å². The average Bonchev–Trinajstić information content (AvgIpc) is 3.37. The van der Waals surface area contributed by atoms with E-state index in [1.807, 2.05) is 0 Å². The molecule has 0 atom stereocenters. The van der Waals surface area contributed by atoms with Crippen LogP contribution in [0.4, 0.5) is 11.4 Å². The minimum Gasteiger partial charge on any atom is -0.387 e. The number of nitrogens with two attached hydrogens (primary N) is 1. The summed E-state index contributed by atoms with van der Waals surface area (Å²) in [5.41, 5.74) is 6.68. The molecule has 0 saturated carbocycles. The number of nitrogens with one attached hydrogen (secondary N) is 2. The summed E-state index contributed by atoms with van der Waals surface area (Å²) in [4.78, 5) is 39.8. The first-order chi connectivity index (χ1) is 16.2. The molecule has 34 heavy (non-hydrogen) atoms. The van der Waals surface area contributed by atoms with Gasteiger partial charge in [0.15, 0.2) is 0 Å². The predicted octanol–water partition coefficient (Wildman–Crippen LogP) is 1.82. The van der Waals surface area contributed by atoms with E-state index in [1.54, 1.807) is 24.9 Å². The van der Waals surface area contributed by atoms with Crippen LogP contribution in [-0.2, 0) is 18.8 Å². The highest BCUT2D eigenvalue weighted by atomic mass is 16.6. The molecule has 3 heterocycles. The minimum absolute atomic E-state index is 0.133. The molecule has 1 aliphatic rings. The molecule has 0 bridgehead atoms. The molecule has 4 N–H and O–H groups in total. The largest absolute Gasteiger partial charge is 0.387 e. The SMILES string of the molecule is Cn1cc(NC(=O)c2cc([N+](=O)[O-])cn2C)cc1C(=O)NCCC(N)=NCCC1CCOCC1. The zero-order chi connectivity index (χ0) is 24.7. The molecular formula is C22H31N7O5. The van der Waals surface area contributed by atoms with Crippen LogP contribution in [0.5, 0.6) is 0 Å². The molecule has 1 saturated heterocycles. The Morgan fingerprint density at radius 1 is 1.18 bits per heavy atom. The molecule has 2 aromatic rings. The summed E-state index contributed by atoms with van der Waals surface area (Å²) >= 11 is 0. The number of carbonyl (C=O) groups is 2. The van der Waals surface area contributed by atoms with Gasteiger partial charge in [0.05, 0.1) is 22.6 Å². The lowest BCUT2D eigenvalue weighted by Gasteiger charge is -2.20. The monoisotopic (exact) mass is 473 g/mol. The summed E-state index contributed by atoms with van der Waals surface area (Å²) in [5.74, 6) is 0.308. The zero-order valence-electron chi connectivity index (χ0n) is 19.5. The molecule has 12 heteroatoms. The molecule has 3 rings (SSSR count). The van der Waals surface area contributed by atoms with Crippen LogP contribution in [0.3, 0.4) is 0 Å². The van der Waals surface area contributed by atoms with E-state index in [9.17, 15) is 19.7 Å². The molecule has 1 fully saturated rings. The first-order valence-corrected chi connectivity index (χ1v) is 11.2. The number of amidine groups is 1. The van der Waals surface area contributed by atoms with Crippen LogP contribution in [0.25, 0.3) is 0 Å². The standard InChI is InChI=1S/C22H31N7O5/c1-27-13-16(26-22(31)19-12-17(29(32)33)14-28(19)2)11-18(27)21(30)25-8-4-20(23)24-7-3-15-5-9-34-10-6-15/h11-15H,3-10H2,1-2H3,(H2,23,24)(H,25,30)(H,26,31). The number of hydrogen-bond acceptors (Lipinski definition) is 6. The summed E-state index contributed by atoms with van der Waals surface area (Å²) < 4.78 is 8.32. The number of nitro groups is 1. The maximum Gasteiger partial charge on any atom is 0.287 e. The summed E-state index contributed by atoms with van der Waals surface area (Å²) in [6.07, 6.45) is 6.42. The summed E-state index contributed by atoms with van der Waals surface area (Å²) in [6.45, 7) is 2.64. The van der Waals surface area contributed by atoms with Crippen LogP contribution >= 0.6 is 0 Å². The number of aromatic nitrogens is 2. The fourth-order valence-corrected chi connectivity index (χ4v) is 3.83. The van der Waals surface area contributed by atoms with E-state index >= 15 is 0 Å². The number of carbonyl (C=O) groups excluding carboxylic acids is 2. The minimum atomic E-state index is -0.564. The number of aryl methyl sites for hydroxylation is 2. The number of hydrogen-bond donors (Lipinski definition) is 3. The van der Waals surface area contributed by atoms with Crippen molar-refractivity contribution in [3.8, 4) is 0 Å². The summed E-state index contributed by atoms with van der Waals surface area (Å²) in [5, 5.41) is 16.4. The lowest BCUT2D eigenvalue weighted by atomic mass is 9.97. The van der Waals surface area contributed by atoms with E-state index in [-0.39, 0.29) is 17.3 Å². The molecular weight excluding hydrogens is 442 g/mol. The third-order valence-corrected chi connectivity index (χ3v) is 5.79. The first kappa shape index (κ1) is 25.0. The zero-order valence-corrected chi connectivity index (χ0v) is 19.5. The van der Waals surface area contributed by atoms with Gasteiger partial charge in [-0.3, -0.25) is 24.7 Å². The van der Waals surface area contributed by atoms with Gasteiger partial charge < -0.3 is 30.2 Å². The maximum absolute atomic E-state index is 12.6. The van der Waals surface area contributed by atoms with Gasteiger partial charge in [-0.2, -0.15) is 0 Å². The van der Waals surface area contributed by atoms with Crippen LogP contribution in [0.1, 0.15) is 46.7 Å². The van der Waals surface area contributed by atoms with E-state index in [0.717, 1.165) is 32.5 Å². The molecule has 2 amide bonds. The van der Waals surface area contributed by atoms with E-state index in [4.69, 9.17) is 10.5 Å². The van der Waals surface area contributed by atoms with Crippen molar-refractivity contribution >= 4 is 29.0 Å².